The summed E-state index contributed by atoms with van der Waals surface area (Å²) in [7, 11) is -3.83. The molecule has 0 bridgehead atoms. The molecule has 2 aromatic rings. The molecular weight excluding hydrogens is 423 g/mol. The molecule has 0 radical (unpaired) electrons. The van der Waals surface area contributed by atoms with Gasteiger partial charge in [0.1, 0.15) is 11.6 Å². The fourth-order valence-corrected chi connectivity index (χ4v) is 5.22. The Balaban J connectivity index is 1.47. The van der Waals surface area contributed by atoms with Crippen LogP contribution < -0.4 is 10.1 Å². The predicted octanol–water partition coefficient (Wildman–Crippen LogP) is 3.42. The molecular formula is C22H25FN2O5S. The van der Waals surface area contributed by atoms with Gasteiger partial charge in [-0.2, -0.15) is 4.31 Å². The van der Waals surface area contributed by atoms with E-state index in [1.54, 1.807) is 24.3 Å². The molecule has 1 saturated carbocycles. The van der Waals surface area contributed by atoms with Crippen molar-refractivity contribution in [2.75, 3.05) is 31.6 Å². The lowest BCUT2D eigenvalue weighted by Crippen LogP contribution is -2.40. The molecule has 0 aromatic heterocycles. The van der Waals surface area contributed by atoms with Crippen molar-refractivity contribution < 1.29 is 27.1 Å². The van der Waals surface area contributed by atoms with Crippen molar-refractivity contribution in [3.05, 3.63) is 53.8 Å². The molecule has 1 aliphatic carbocycles. The van der Waals surface area contributed by atoms with Crippen LogP contribution in [0.4, 0.5) is 10.1 Å². The second kappa shape index (κ2) is 9.33. The minimum absolute atomic E-state index is 0.124. The van der Waals surface area contributed by atoms with Crippen LogP contribution in [0.1, 0.15) is 36.0 Å². The standard InChI is InChI=1S/C22H25FN2O5S/c23-21-10-9-19(31(27,28)25-11-13-29-14-12-25)15-20(21)22(26)24-16-5-7-18(8-6-16)30-17-3-1-2-4-17/h5-10,15,17H,1-4,11-14H2,(H,24,26). The maximum atomic E-state index is 14.3. The van der Waals surface area contributed by atoms with E-state index in [1.165, 1.54) is 23.2 Å². The van der Waals surface area contributed by atoms with Crippen LogP contribution in [-0.2, 0) is 14.8 Å². The van der Waals surface area contributed by atoms with E-state index >= 15 is 0 Å². The van der Waals surface area contributed by atoms with Crippen molar-refractivity contribution in [2.24, 2.45) is 0 Å². The Morgan fingerprint density at radius 1 is 1.06 bits per heavy atom. The number of hydrogen-bond donors (Lipinski definition) is 1. The molecule has 1 amide bonds. The van der Waals surface area contributed by atoms with Gasteiger partial charge in [0.2, 0.25) is 10.0 Å². The van der Waals surface area contributed by atoms with E-state index in [9.17, 15) is 17.6 Å². The highest BCUT2D eigenvalue weighted by atomic mass is 32.2. The van der Waals surface area contributed by atoms with Crippen molar-refractivity contribution >= 4 is 21.6 Å². The Hall–Kier alpha value is -2.49. The van der Waals surface area contributed by atoms with Crippen molar-refractivity contribution in [3.63, 3.8) is 0 Å². The van der Waals surface area contributed by atoms with Crippen LogP contribution in [0.2, 0.25) is 0 Å². The summed E-state index contributed by atoms with van der Waals surface area (Å²) in [6, 6.07) is 10.1. The van der Waals surface area contributed by atoms with Gasteiger partial charge in [0.25, 0.3) is 5.91 Å². The number of amides is 1. The first-order valence-corrected chi connectivity index (χ1v) is 11.8. The molecule has 0 unspecified atom stereocenters. The predicted molar refractivity (Wildman–Crippen MR) is 113 cm³/mol. The number of carbonyl (C=O) groups is 1. The number of benzene rings is 2. The van der Waals surface area contributed by atoms with E-state index in [0.29, 0.717) is 18.9 Å². The topological polar surface area (TPSA) is 84.9 Å². The van der Waals surface area contributed by atoms with Crippen molar-refractivity contribution in [1.29, 1.82) is 0 Å². The van der Waals surface area contributed by atoms with Gasteiger partial charge in [-0.3, -0.25) is 4.79 Å². The lowest BCUT2D eigenvalue weighted by Gasteiger charge is -2.26. The summed E-state index contributed by atoms with van der Waals surface area (Å²) in [4.78, 5) is 12.5. The smallest absolute Gasteiger partial charge is 0.258 e. The first-order chi connectivity index (χ1) is 14.9. The molecule has 7 nitrogen and oxygen atoms in total. The van der Waals surface area contributed by atoms with Gasteiger partial charge in [-0.05, 0) is 68.1 Å². The Morgan fingerprint density at radius 2 is 1.74 bits per heavy atom. The normalized spacial score (nSPS) is 18.1. The second-order valence-corrected chi connectivity index (χ2v) is 9.60. The average molecular weight is 449 g/mol. The summed E-state index contributed by atoms with van der Waals surface area (Å²) in [6.07, 6.45) is 4.66. The van der Waals surface area contributed by atoms with E-state index < -0.39 is 21.7 Å². The highest BCUT2D eigenvalue weighted by Crippen LogP contribution is 2.26. The van der Waals surface area contributed by atoms with Gasteiger partial charge in [-0.25, -0.2) is 12.8 Å². The molecule has 0 atom stereocenters. The van der Waals surface area contributed by atoms with Crippen LogP contribution in [-0.4, -0.2) is 51.0 Å². The third-order valence-corrected chi connectivity index (χ3v) is 7.40. The Labute approximate surface area is 181 Å². The monoisotopic (exact) mass is 448 g/mol. The largest absolute Gasteiger partial charge is 0.490 e. The van der Waals surface area contributed by atoms with E-state index in [-0.39, 0.29) is 29.7 Å². The highest BCUT2D eigenvalue weighted by Gasteiger charge is 2.28. The summed E-state index contributed by atoms with van der Waals surface area (Å²) in [5.41, 5.74) is 0.130. The zero-order valence-electron chi connectivity index (χ0n) is 17.1. The minimum Gasteiger partial charge on any atom is -0.490 e. The number of nitrogens with one attached hydrogen (secondary N) is 1. The number of anilines is 1. The van der Waals surface area contributed by atoms with E-state index in [1.807, 2.05) is 0 Å². The van der Waals surface area contributed by atoms with Gasteiger partial charge in [-0.1, -0.05) is 0 Å². The summed E-state index contributed by atoms with van der Waals surface area (Å²) < 4.78 is 52.3. The van der Waals surface area contributed by atoms with E-state index in [0.717, 1.165) is 30.7 Å². The Kier molecular flexibility index (Phi) is 6.54. The zero-order chi connectivity index (χ0) is 21.8. The van der Waals surface area contributed by atoms with Crippen LogP contribution >= 0.6 is 0 Å². The molecule has 1 heterocycles. The fraction of sp³-hybridized carbons (Fsp3) is 0.409. The molecule has 2 aliphatic rings. The Bertz CT molecular complexity index is 1030. The second-order valence-electron chi connectivity index (χ2n) is 7.66. The third kappa shape index (κ3) is 5.06. The Morgan fingerprint density at radius 3 is 2.42 bits per heavy atom. The van der Waals surface area contributed by atoms with Crippen molar-refractivity contribution in [2.45, 2.75) is 36.7 Å². The van der Waals surface area contributed by atoms with Crippen LogP contribution in [0.3, 0.4) is 0 Å². The number of nitrogens with zero attached hydrogens (tertiary/aromatic N) is 1. The van der Waals surface area contributed by atoms with Gasteiger partial charge in [-0.15, -0.1) is 0 Å². The molecule has 1 aliphatic heterocycles. The molecule has 2 fully saturated rings. The number of rotatable bonds is 6. The fourth-order valence-electron chi connectivity index (χ4n) is 3.79. The quantitative estimate of drug-likeness (QED) is 0.732. The number of ether oxygens (including phenoxy) is 2. The molecule has 4 rings (SSSR count). The van der Waals surface area contributed by atoms with Gasteiger partial charge in [0.15, 0.2) is 0 Å². The number of hydrogen-bond acceptors (Lipinski definition) is 5. The van der Waals surface area contributed by atoms with Crippen LogP contribution in [0, 0.1) is 5.82 Å². The summed E-state index contributed by atoms with van der Waals surface area (Å²) in [5, 5.41) is 2.62. The van der Waals surface area contributed by atoms with E-state index in [4.69, 9.17) is 9.47 Å². The van der Waals surface area contributed by atoms with Gasteiger partial charge < -0.3 is 14.8 Å². The minimum atomic E-state index is -3.83. The lowest BCUT2D eigenvalue weighted by atomic mass is 10.2. The molecule has 166 valence electrons. The average Bonchev–Trinajstić information content (AvgIpc) is 3.29. The maximum Gasteiger partial charge on any atom is 0.258 e. The molecule has 1 N–H and O–H groups in total. The first kappa shape index (κ1) is 21.7. The zero-order valence-corrected chi connectivity index (χ0v) is 17.9. The maximum absolute atomic E-state index is 14.3. The van der Waals surface area contributed by atoms with Crippen molar-refractivity contribution in [3.8, 4) is 5.75 Å². The van der Waals surface area contributed by atoms with E-state index in [2.05, 4.69) is 5.32 Å². The third-order valence-electron chi connectivity index (χ3n) is 5.51. The number of morpholine rings is 1. The van der Waals surface area contributed by atoms with Gasteiger partial charge in [0.05, 0.1) is 29.8 Å². The number of halogens is 1. The molecule has 2 aromatic carbocycles. The van der Waals surface area contributed by atoms with Crippen LogP contribution in [0.15, 0.2) is 47.4 Å². The summed E-state index contributed by atoms with van der Waals surface area (Å²) >= 11 is 0. The number of sulfonamides is 1. The SMILES string of the molecule is O=C(Nc1ccc(OC2CCCC2)cc1)c1cc(S(=O)(=O)N2CCOCC2)ccc1F. The van der Waals surface area contributed by atoms with Crippen LogP contribution in [0.25, 0.3) is 0 Å². The molecule has 0 spiro atoms. The summed E-state index contributed by atoms with van der Waals surface area (Å²) in [6.45, 7) is 1.04. The number of carbonyl (C=O) groups excluding carboxylic acids is 1. The molecule has 31 heavy (non-hydrogen) atoms. The summed E-state index contributed by atoms with van der Waals surface area (Å²) in [5.74, 6) is -0.796. The van der Waals surface area contributed by atoms with Gasteiger partial charge in [0, 0.05) is 18.8 Å². The first-order valence-electron chi connectivity index (χ1n) is 10.4. The van der Waals surface area contributed by atoms with Gasteiger partial charge >= 0.3 is 0 Å². The molecule has 9 heteroatoms. The van der Waals surface area contributed by atoms with Crippen molar-refractivity contribution in [1.82, 2.24) is 4.31 Å². The highest BCUT2D eigenvalue weighted by molar-refractivity contribution is 7.89. The lowest BCUT2D eigenvalue weighted by molar-refractivity contribution is 0.0730. The molecule has 1 saturated heterocycles. The van der Waals surface area contributed by atoms with Crippen LogP contribution in [0.5, 0.6) is 5.75 Å².